The molecule has 0 aromatic rings. The first-order chi connectivity index (χ1) is 5.29. The summed E-state index contributed by atoms with van der Waals surface area (Å²) < 4.78 is 5.00. The molecule has 0 aliphatic heterocycles. The molecule has 0 N–H and O–H groups in total. The summed E-state index contributed by atoms with van der Waals surface area (Å²) in [5, 5.41) is 0. The zero-order valence-corrected chi connectivity index (χ0v) is 7.98. The Bertz CT molecular complexity index is 163. The predicted molar refractivity (Wildman–Crippen MR) is 49.5 cm³/mol. The molecule has 2 nitrogen and oxygen atoms in total. The van der Waals surface area contributed by atoms with E-state index in [2.05, 4.69) is 11.9 Å². The topological polar surface area (TPSA) is 21.6 Å². The van der Waals surface area contributed by atoms with Gasteiger partial charge in [-0.2, -0.15) is 0 Å². The Hall–Kier alpha value is -0.500. The van der Waals surface area contributed by atoms with Gasteiger partial charge in [0.1, 0.15) is 0 Å². The molecule has 0 spiro atoms. The molecule has 11 heavy (non-hydrogen) atoms. The first kappa shape index (κ1) is 10.5. The summed E-state index contributed by atoms with van der Waals surface area (Å²) >= 11 is 5.67. The summed E-state index contributed by atoms with van der Waals surface area (Å²) in [4.78, 5) is 3.94. The molecule has 0 saturated heterocycles. The maximum absolute atomic E-state index is 5.67. The normalized spacial score (nSPS) is 13.5. The second kappa shape index (κ2) is 6.23. The molecule has 0 rings (SSSR count). The summed E-state index contributed by atoms with van der Waals surface area (Å²) in [6.45, 7) is 2.05. The van der Waals surface area contributed by atoms with Crippen molar-refractivity contribution in [3.05, 3.63) is 11.6 Å². The second-order valence-corrected chi connectivity index (χ2v) is 2.27. The van der Waals surface area contributed by atoms with Crippen LogP contribution in [0.4, 0.5) is 0 Å². The summed E-state index contributed by atoms with van der Waals surface area (Å²) in [5.74, 6) is 1.08. The maximum atomic E-state index is 5.67. The first-order valence-electron chi connectivity index (χ1n) is 3.56. The van der Waals surface area contributed by atoms with Crippen LogP contribution >= 0.6 is 11.6 Å². The number of hydrogen-bond donors (Lipinski definition) is 0. The summed E-state index contributed by atoms with van der Waals surface area (Å²) in [6.07, 6.45) is 2.96. The van der Waals surface area contributed by atoms with Gasteiger partial charge in [-0.05, 0) is 6.42 Å². The molecular formula is C8H14ClNO. The average molecular weight is 176 g/mol. The van der Waals surface area contributed by atoms with Gasteiger partial charge in [0.05, 0.1) is 13.0 Å². The third-order valence-corrected chi connectivity index (χ3v) is 1.55. The van der Waals surface area contributed by atoms with E-state index in [1.807, 2.05) is 6.08 Å². The van der Waals surface area contributed by atoms with E-state index in [1.165, 1.54) is 0 Å². The van der Waals surface area contributed by atoms with E-state index in [-0.39, 0.29) is 0 Å². The van der Waals surface area contributed by atoms with Crippen LogP contribution in [0.15, 0.2) is 16.6 Å². The van der Waals surface area contributed by atoms with Crippen molar-refractivity contribution in [3.63, 3.8) is 0 Å². The van der Waals surface area contributed by atoms with Crippen LogP contribution in [0.5, 0.6) is 0 Å². The van der Waals surface area contributed by atoms with Crippen LogP contribution < -0.4 is 0 Å². The van der Waals surface area contributed by atoms with Crippen molar-refractivity contribution in [2.45, 2.75) is 13.3 Å². The Morgan fingerprint density at radius 3 is 2.55 bits per heavy atom. The zero-order valence-electron chi connectivity index (χ0n) is 7.22. The van der Waals surface area contributed by atoms with Gasteiger partial charge in [0.2, 0.25) is 5.90 Å². The average Bonchev–Trinajstić information content (AvgIpc) is 2.05. The van der Waals surface area contributed by atoms with Crippen LogP contribution in [0.25, 0.3) is 0 Å². The Kier molecular flexibility index (Phi) is 5.94. The smallest absolute Gasteiger partial charge is 0.212 e. The fourth-order valence-corrected chi connectivity index (χ4v) is 1.03. The fourth-order valence-electron chi connectivity index (χ4n) is 0.811. The summed E-state index contributed by atoms with van der Waals surface area (Å²) in [6, 6.07) is 0. The monoisotopic (exact) mass is 175 g/mol. The van der Waals surface area contributed by atoms with Gasteiger partial charge in [0, 0.05) is 12.6 Å². The molecule has 3 heteroatoms. The van der Waals surface area contributed by atoms with Crippen molar-refractivity contribution in [2.24, 2.45) is 4.99 Å². The van der Waals surface area contributed by atoms with E-state index in [4.69, 9.17) is 16.3 Å². The molecule has 0 amide bonds. The molecule has 0 fully saturated rings. The number of ether oxygens (including phenoxy) is 1. The van der Waals surface area contributed by atoms with Crippen molar-refractivity contribution in [3.8, 4) is 0 Å². The molecule has 0 aromatic heterocycles. The lowest BCUT2D eigenvalue weighted by Gasteiger charge is -2.04. The van der Waals surface area contributed by atoms with Gasteiger partial charge < -0.3 is 4.74 Å². The van der Waals surface area contributed by atoms with Gasteiger partial charge in [-0.25, -0.2) is 0 Å². The number of nitrogens with zero attached hydrogens (tertiary/aromatic N) is 1. The second-order valence-electron chi connectivity index (χ2n) is 2.00. The molecule has 0 radical (unpaired) electrons. The molecule has 64 valence electrons. The largest absolute Gasteiger partial charge is 0.481 e. The van der Waals surface area contributed by atoms with Crippen molar-refractivity contribution < 1.29 is 4.74 Å². The number of allylic oxidation sites excluding steroid dienone is 1. The van der Waals surface area contributed by atoms with E-state index in [0.717, 1.165) is 12.0 Å². The minimum atomic E-state index is 0.453. The quantitative estimate of drug-likeness (QED) is 0.366. The van der Waals surface area contributed by atoms with Gasteiger partial charge in [-0.1, -0.05) is 13.0 Å². The van der Waals surface area contributed by atoms with E-state index in [0.29, 0.717) is 11.8 Å². The molecule has 0 aliphatic rings. The molecular weight excluding hydrogens is 162 g/mol. The highest BCUT2D eigenvalue weighted by atomic mass is 35.5. The van der Waals surface area contributed by atoms with Gasteiger partial charge in [0.25, 0.3) is 0 Å². The molecule has 0 aliphatic carbocycles. The Morgan fingerprint density at radius 1 is 1.64 bits per heavy atom. The first-order valence-corrected chi connectivity index (χ1v) is 4.09. The van der Waals surface area contributed by atoms with Crippen LogP contribution in [-0.2, 0) is 4.74 Å². The highest BCUT2D eigenvalue weighted by Crippen LogP contribution is 2.03. The highest BCUT2D eigenvalue weighted by molar-refractivity contribution is 6.22. The standard InChI is InChI=1S/C8H14ClNO/c1-4-5-7(6-9)8(10-2)11-3/h5H,4,6H2,1-3H3/b7-5-,10-8+. The summed E-state index contributed by atoms with van der Waals surface area (Å²) in [5.41, 5.74) is 0.958. The van der Waals surface area contributed by atoms with Crippen molar-refractivity contribution in [2.75, 3.05) is 20.0 Å². The zero-order chi connectivity index (χ0) is 8.69. The molecule has 0 aromatic carbocycles. The predicted octanol–water partition coefficient (Wildman–Crippen LogP) is 2.24. The Morgan fingerprint density at radius 2 is 2.27 bits per heavy atom. The van der Waals surface area contributed by atoms with E-state index in [9.17, 15) is 0 Å². The number of halogens is 1. The van der Waals surface area contributed by atoms with Crippen molar-refractivity contribution >= 4 is 17.5 Å². The highest BCUT2D eigenvalue weighted by Gasteiger charge is 2.02. The van der Waals surface area contributed by atoms with E-state index in [1.54, 1.807) is 14.2 Å². The van der Waals surface area contributed by atoms with Crippen LogP contribution in [0.1, 0.15) is 13.3 Å². The Balaban J connectivity index is 4.35. The molecule has 0 unspecified atom stereocenters. The SMILES string of the molecule is CC/C=C(CCl)\C(=N/C)OC. The van der Waals surface area contributed by atoms with Crippen LogP contribution in [0.2, 0.25) is 0 Å². The number of rotatable bonds is 3. The van der Waals surface area contributed by atoms with E-state index >= 15 is 0 Å². The molecule has 0 saturated carbocycles. The van der Waals surface area contributed by atoms with Gasteiger partial charge in [-0.15, -0.1) is 11.6 Å². The van der Waals surface area contributed by atoms with Gasteiger partial charge in [-0.3, -0.25) is 4.99 Å². The van der Waals surface area contributed by atoms with Gasteiger partial charge >= 0.3 is 0 Å². The minimum Gasteiger partial charge on any atom is -0.481 e. The number of alkyl halides is 1. The third-order valence-electron chi connectivity index (χ3n) is 1.27. The van der Waals surface area contributed by atoms with Crippen molar-refractivity contribution in [1.29, 1.82) is 0 Å². The molecule has 0 atom stereocenters. The molecule has 0 heterocycles. The maximum Gasteiger partial charge on any atom is 0.212 e. The minimum absolute atomic E-state index is 0.453. The fraction of sp³-hybridized carbons (Fsp3) is 0.625. The lowest BCUT2D eigenvalue weighted by Crippen LogP contribution is -2.06. The lowest BCUT2D eigenvalue weighted by molar-refractivity contribution is 0.402. The Labute approximate surface area is 72.9 Å². The number of aliphatic imine (C=N–C) groups is 1. The third kappa shape index (κ3) is 3.42. The lowest BCUT2D eigenvalue weighted by atomic mass is 10.2. The van der Waals surface area contributed by atoms with Crippen LogP contribution in [0, 0.1) is 0 Å². The number of hydrogen-bond acceptors (Lipinski definition) is 2. The molecule has 0 bridgehead atoms. The van der Waals surface area contributed by atoms with Gasteiger partial charge in [0.15, 0.2) is 0 Å². The van der Waals surface area contributed by atoms with Crippen molar-refractivity contribution in [1.82, 2.24) is 0 Å². The van der Waals surface area contributed by atoms with Crippen LogP contribution in [0.3, 0.4) is 0 Å². The van der Waals surface area contributed by atoms with E-state index < -0.39 is 0 Å². The van der Waals surface area contributed by atoms with Crippen LogP contribution in [-0.4, -0.2) is 25.9 Å². The number of methoxy groups -OCH3 is 1. The summed E-state index contributed by atoms with van der Waals surface area (Å²) in [7, 11) is 3.28.